The number of amides is 2. The summed E-state index contributed by atoms with van der Waals surface area (Å²) in [5, 5.41) is 24.2. The van der Waals surface area contributed by atoms with Crippen LogP contribution in [-0.4, -0.2) is 32.0 Å². The molecule has 0 saturated heterocycles. The molecule has 0 spiro atoms. The predicted octanol–water partition coefficient (Wildman–Crippen LogP) is 4.44. The van der Waals surface area contributed by atoms with Gasteiger partial charge in [0.05, 0.1) is 17.6 Å². The molecule has 1 aliphatic rings. The Balaban J connectivity index is 1.36. The van der Waals surface area contributed by atoms with E-state index in [-0.39, 0.29) is 23.5 Å². The van der Waals surface area contributed by atoms with Gasteiger partial charge in [-0.25, -0.2) is 4.79 Å². The van der Waals surface area contributed by atoms with Crippen LogP contribution >= 0.6 is 0 Å². The molecule has 2 amide bonds. The zero-order valence-electron chi connectivity index (χ0n) is 18.5. The van der Waals surface area contributed by atoms with E-state index >= 15 is 0 Å². The Labute approximate surface area is 195 Å². The largest absolute Gasteiger partial charge is 0.507 e. The van der Waals surface area contributed by atoms with Crippen LogP contribution in [0.3, 0.4) is 0 Å². The van der Waals surface area contributed by atoms with Crippen LogP contribution in [0.25, 0.3) is 11.3 Å². The highest BCUT2D eigenvalue weighted by Gasteiger charge is 2.30. The maximum atomic E-state index is 13.0. The number of carbonyl (C=O) groups is 2. The molecule has 172 valence electrons. The van der Waals surface area contributed by atoms with Crippen molar-refractivity contribution in [2.75, 3.05) is 5.32 Å². The smallest absolute Gasteiger partial charge is 0.342 e. The third kappa shape index (κ3) is 4.40. The molecular formula is C25H23N5O4. The summed E-state index contributed by atoms with van der Waals surface area (Å²) in [6.07, 6.45) is 3.37. The van der Waals surface area contributed by atoms with Crippen molar-refractivity contribution in [2.45, 2.75) is 32.2 Å². The Kier molecular flexibility index (Phi) is 5.59. The zero-order valence-corrected chi connectivity index (χ0v) is 18.5. The number of phenolic OH excluding ortho intramolecular Hbond substituents is 1. The summed E-state index contributed by atoms with van der Waals surface area (Å²) in [7, 11) is 0. The summed E-state index contributed by atoms with van der Waals surface area (Å²) in [4.78, 5) is 25.1. The molecule has 1 fully saturated rings. The number of phenols is 1. The fourth-order valence-electron chi connectivity index (χ4n) is 3.77. The maximum Gasteiger partial charge on any atom is 0.342 e. The number of nitrogens with zero attached hydrogens (tertiary/aromatic N) is 3. The molecule has 1 saturated carbocycles. The van der Waals surface area contributed by atoms with Crippen molar-refractivity contribution >= 4 is 17.6 Å². The van der Waals surface area contributed by atoms with Crippen LogP contribution < -0.4 is 10.6 Å². The quantitative estimate of drug-likeness (QED) is 0.393. The summed E-state index contributed by atoms with van der Waals surface area (Å²) < 4.78 is 6.23. The third-order valence-corrected chi connectivity index (χ3v) is 5.81. The summed E-state index contributed by atoms with van der Waals surface area (Å²) >= 11 is 0. The van der Waals surface area contributed by atoms with E-state index in [0.717, 1.165) is 29.7 Å². The van der Waals surface area contributed by atoms with E-state index in [0.29, 0.717) is 23.5 Å². The standard InChI is InChI=1S/C25H23N5O4/c1-15-4-2-3-5-17(15)14-26-25(33)30-21(16-6-7-16)13-20(29-30)19-9-8-18(12-22(19)31)28-24(32)23-10-11-27-34-23/h2-5,8-13,16,31H,6-7,14H2,1H3,(H,26,33)(H,28,32). The van der Waals surface area contributed by atoms with Gasteiger partial charge in [-0.1, -0.05) is 29.4 Å². The van der Waals surface area contributed by atoms with Crippen LogP contribution in [0.4, 0.5) is 10.5 Å². The van der Waals surface area contributed by atoms with Crippen molar-refractivity contribution < 1.29 is 19.2 Å². The SMILES string of the molecule is Cc1ccccc1CNC(=O)n1nc(-c2ccc(NC(=O)c3ccno3)cc2O)cc1C1CC1. The first-order chi connectivity index (χ1) is 16.5. The highest BCUT2D eigenvalue weighted by Crippen LogP contribution is 2.42. The number of nitrogens with one attached hydrogen (secondary N) is 2. The summed E-state index contributed by atoms with van der Waals surface area (Å²) in [6, 6.07) is 15.6. The normalized spacial score (nSPS) is 13.0. The number of aryl methyl sites for hydroxylation is 1. The van der Waals surface area contributed by atoms with Crippen molar-refractivity contribution in [2.24, 2.45) is 0 Å². The third-order valence-electron chi connectivity index (χ3n) is 5.81. The Bertz CT molecular complexity index is 1360. The van der Waals surface area contributed by atoms with Crippen LogP contribution in [0.2, 0.25) is 0 Å². The Morgan fingerprint density at radius 3 is 2.68 bits per heavy atom. The average molecular weight is 457 g/mol. The monoisotopic (exact) mass is 457 g/mol. The van der Waals surface area contributed by atoms with Gasteiger partial charge in [0.15, 0.2) is 0 Å². The molecule has 2 aromatic heterocycles. The second-order valence-electron chi connectivity index (χ2n) is 8.29. The Morgan fingerprint density at radius 1 is 1.15 bits per heavy atom. The first-order valence-corrected chi connectivity index (χ1v) is 11.0. The summed E-state index contributed by atoms with van der Waals surface area (Å²) in [5.41, 5.74) is 4.30. The van der Waals surface area contributed by atoms with E-state index in [2.05, 4.69) is 20.9 Å². The van der Waals surface area contributed by atoms with Gasteiger partial charge < -0.3 is 20.3 Å². The molecule has 2 heterocycles. The second kappa shape index (κ2) is 8.86. The topological polar surface area (TPSA) is 122 Å². The molecule has 34 heavy (non-hydrogen) atoms. The maximum absolute atomic E-state index is 13.0. The van der Waals surface area contributed by atoms with E-state index < -0.39 is 5.91 Å². The number of benzene rings is 2. The fraction of sp³-hybridized carbons (Fsp3) is 0.200. The first kappa shape index (κ1) is 21.4. The minimum absolute atomic E-state index is 0.0630. The Hall–Kier alpha value is -4.40. The molecule has 0 unspecified atom stereocenters. The fourth-order valence-corrected chi connectivity index (χ4v) is 3.77. The van der Waals surface area contributed by atoms with Crippen molar-refractivity contribution in [1.29, 1.82) is 0 Å². The highest BCUT2D eigenvalue weighted by atomic mass is 16.5. The van der Waals surface area contributed by atoms with E-state index in [1.54, 1.807) is 12.1 Å². The van der Waals surface area contributed by atoms with Gasteiger partial charge in [0.2, 0.25) is 5.76 Å². The lowest BCUT2D eigenvalue weighted by Gasteiger charge is -2.09. The predicted molar refractivity (Wildman–Crippen MR) is 125 cm³/mol. The van der Waals surface area contributed by atoms with Gasteiger partial charge in [0, 0.05) is 35.8 Å². The van der Waals surface area contributed by atoms with Crippen LogP contribution in [0.15, 0.2) is 65.3 Å². The molecule has 9 nitrogen and oxygen atoms in total. The molecule has 2 aromatic carbocycles. The molecule has 4 aromatic rings. The van der Waals surface area contributed by atoms with E-state index in [1.165, 1.54) is 23.0 Å². The number of aromatic hydroxyl groups is 1. The van der Waals surface area contributed by atoms with Crippen LogP contribution in [0.1, 0.15) is 46.1 Å². The van der Waals surface area contributed by atoms with Crippen LogP contribution in [0, 0.1) is 6.92 Å². The molecule has 1 aliphatic carbocycles. The second-order valence-corrected chi connectivity index (χ2v) is 8.29. The molecule has 0 bridgehead atoms. The average Bonchev–Trinajstić information content (AvgIpc) is 3.33. The van der Waals surface area contributed by atoms with Gasteiger partial charge in [-0.3, -0.25) is 4.79 Å². The molecule has 0 atom stereocenters. The lowest BCUT2D eigenvalue weighted by Crippen LogP contribution is -2.30. The first-order valence-electron chi connectivity index (χ1n) is 11.0. The number of aromatic nitrogens is 3. The van der Waals surface area contributed by atoms with Gasteiger partial charge in [0.25, 0.3) is 5.91 Å². The van der Waals surface area contributed by atoms with Crippen molar-refractivity contribution in [3.05, 3.63) is 83.4 Å². The van der Waals surface area contributed by atoms with E-state index in [1.807, 2.05) is 37.3 Å². The lowest BCUT2D eigenvalue weighted by molar-refractivity contribution is 0.0988. The van der Waals surface area contributed by atoms with Crippen LogP contribution in [0.5, 0.6) is 5.75 Å². The van der Waals surface area contributed by atoms with Crippen molar-refractivity contribution in [1.82, 2.24) is 20.3 Å². The molecular weight excluding hydrogens is 434 g/mol. The van der Waals surface area contributed by atoms with E-state index in [4.69, 9.17) is 4.52 Å². The van der Waals surface area contributed by atoms with E-state index in [9.17, 15) is 14.7 Å². The number of anilines is 1. The summed E-state index contributed by atoms with van der Waals surface area (Å²) in [5.74, 6) is -0.209. The minimum Gasteiger partial charge on any atom is -0.507 e. The zero-order chi connectivity index (χ0) is 23.7. The molecule has 3 N–H and O–H groups in total. The minimum atomic E-state index is -0.477. The Morgan fingerprint density at radius 2 is 1.97 bits per heavy atom. The molecule has 0 radical (unpaired) electrons. The highest BCUT2D eigenvalue weighted by molar-refractivity contribution is 6.02. The molecule has 0 aliphatic heterocycles. The van der Waals surface area contributed by atoms with Gasteiger partial charge >= 0.3 is 6.03 Å². The van der Waals surface area contributed by atoms with Gasteiger partial charge in [-0.15, -0.1) is 0 Å². The number of hydrogen-bond donors (Lipinski definition) is 3. The van der Waals surface area contributed by atoms with Crippen LogP contribution in [-0.2, 0) is 6.54 Å². The molecule has 9 heteroatoms. The van der Waals surface area contributed by atoms with Gasteiger partial charge in [0.1, 0.15) is 5.75 Å². The molecule has 5 rings (SSSR count). The van der Waals surface area contributed by atoms with Crippen molar-refractivity contribution in [3.8, 4) is 17.0 Å². The van der Waals surface area contributed by atoms with Crippen molar-refractivity contribution in [3.63, 3.8) is 0 Å². The lowest BCUT2D eigenvalue weighted by atomic mass is 10.1. The van der Waals surface area contributed by atoms with Gasteiger partial charge in [-0.05, 0) is 49.1 Å². The number of rotatable bonds is 6. The number of carbonyl (C=O) groups excluding carboxylic acids is 2. The summed E-state index contributed by atoms with van der Waals surface area (Å²) in [6.45, 7) is 2.40. The van der Waals surface area contributed by atoms with Gasteiger partial charge in [-0.2, -0.15) is 9.78 Å². The number of hydrogen-bond acceptors (Lipinski definition) is 6.